The molecular weight excluding hydrogens is 474 g/mol. The van der Waals surface area contributed by atoms with Crippen LogP contribution in [0.25, 0.3) is 82.3 Å². The molecule has 0 spiro atoms. The highest BCUT2D eigenvalue weighted by molar-refractivity contribution is 6.27. The summed E-state index contributed by atoms with van der Waals surface area (Å²) in [6, 6.07) is 35.5. The number of aromatic nitrogens is 1. The number of benzene rings is 6. The molecule has 1 atom stereocenters. The Hall–Kier alpha value is -4.82. The van der Waals surface area contributed by atoms with Crippen LogP contribution in [-0.4, -0.2) is 4.98 Å². The number of rotatable bonds is 1. The van der Waals surface area contributed by atoms with Crippen LogP contribution in [0.2, 0.25) is 0 Å². The monoisotopic (exact) mass is 499 g/mol. The minimum absolute atomic E-state index is 0.486. The summed E-state index contributed by atoms with van der Waals surface area (Å²) in [4.78, 5) is 3.76. The predicted octanol–water partition coefficient (Wildman–Crippen LogP) is 10.4. The number of fused-ring (bicyclic) bond motifs is 13. The van der Waals surface area contributed by atoms with Crippen molar-refractivity contribution in [1.29, 1.82) is 0 Å². The molecule has 184 valence electrons. The fourth-order valence-corrected chi connectivity index (χ4v) is 6.89. The second-order valence-corrected chi connectivity index (χ2v) is 11.1. The molecule has 1 aliphatic carbocycles. The Labute approximate surface area is 225 Å². The van der Waals surface area contributed by atoms with Crippen molar-refractivity contribution in [2.75, 3.05) is 0 Å². The number of furan rings is 1. The van der Waals surface area contributed by atoms with Gasteiger partial charge in [0.15, 0.2) is 0 Å². The molecule has 0 saturated carbocycles. The van der Waals surface area contributed by atoms with Gasteiger partial charge in [-0.3, -0.25) is 0 Å². The summed E-state index contributed by atoms with van der Waals surface area (Å²) in [6.07, 6.45) is 5.51. The van der Waals surface area contributed by atoms with Gasteiger partial charge in [-0.1, -0.05) is 97.9 Å². The third-order valence-corrected chi connectivity index (χ3v) is 8.71. The third-order valence-electron chi connectivity index (χ3n) is 8.71. The number of hydrogen-bond acceptors (Lipinski definition) is 1. The molecular formula is C37H25NO. The van der Waals surface area contributed by atoms with Gasteiger partial charge in [0.2, 0.25) is 0 Å². The molecule has 1 unspecified atom stereocenters. The quantitative estimate of drug-likeness (QED) is 0.224. The van der Waals surface area contributed by atoms with E-state index in [-0.39, 0.29) is 0 Å². The third kappa shape index (κ3) is 2.86. The van der Waals surface area contributed by atoms with Crippen molar-refractivity contribution in [3.05, 3.63) is 114 Å². The minimum atomic E-state index is 0.486. The number of nitrogens with one attached hydrogen (secondary N) is 1. The largest absolute Gasteiger partial charge is 0.460 e. The molecule has 1 aliphatic rings. The number of H-pyrrole nitrogens is 1. The molecule has 1 N–H and O–H groups in total. The fourth-order valence-electron chi connectivity index (χ4n) is 6.89. The smallest absolute Gasteiger partial charge is 0.144 e. The summed E-state index contributed by atoms with van der Waals surface area (Å²) in [5, 5.41) is 11.4. The second-order valence-electron chi connectivity index (χ2n) is 11.1. The van der Waals surface area contributed by atoms with Crippen LogP contribution in [0.1, 0.15) is 18.2 Å². The van der Waals surface area contributed by atoms with Crippen LogP contribution in [0.5, 0.6) is 0 Å². The highest BCUT2D eigenvalue weighted by Gasteiger charge is 2.23. The van der Waals surface area contributed by atoms with Crippen molar-refractivity contribution in [1.82, 2.24) is 4.98 Å². The van der Waals surface area contributed by atoms with Crippen molar-refractivity contribution < 1.29 is 4.42 Å². The molecule has 2 heterocycles. The zero-order chi connectivity index (χ0) is 25.7. The van der Waals surface area contributed by atoms with Gasteiger partial charge >= 0.3 is 0 Å². The molecule has 2 nitrogen and oxygen atoms in total. The molecule has 8 aromatic rings. The van der Waals surface area contributed by atoms with Crippen LogP contribution in [-0.2, 0) is 6.42 Å². The van der Waals surface area contributed by atoms with Crippen molar-refractivity contribution in [2.45, 2.75) is 13.3 Å². The lowest BCUT2D eigenvalue weighted by molar-refractivity contribution is 0.515. The lowest BCUT2D eigenvalue weighted by atomic mass is 9.90. The summed E-state index contributed by atoms with van der Waals surface area (Å²) in [6.45, 7) is 2.25. The molecule has 0 saturated heterocycles. The highest BCUT2D eigenvalue weighted by Crippen LogP contribution is 2.45. The lowest BCUT2D eigenvalue weighted by Gasteiger charge is -2.13. The van der Waals surface area contributed by atoms with Crippen LogP contribution in [0.3, 0.4) is 0 Å². The normalized spacial score (nSPS) is 15.4. The van der Waals surface area contributed by atoms with Gasteiger partial charge in [-0.2, -0.15) is 0 Å². The molecule has 0 fully saturated rings. The van der Waals surface area contributed by atoms with Crippen LogP contribution < -0.4 is 0 Å². The Bertz CT molecular complexity index is 2290. The average molecular weight is 500 g/mol. The molecule has 39 heavy (non-hydrogen) atoms. The van der Waals surface area contributed by atoms with E-state index in [1.54, 1.807) is 0 Å². The van der Waals surface area contributed by atoms with E-state index < -0.39 is 0 Å². The second kappa shape index (κ2) is 7.61. The van der Waals surface area contributed by atoms with Gasteiger partial charge < -0.3 is 9.40 Å². The topological polar surface area (TPSA) is 28.9 Å². The zero-order valence-electron chi connectivity index (χ0n) is 21.6. The molecule has 2 aromatic heterocycles. The molecule has 2 heteroatoms. The predicted molar refractivity (Wildman–Crippen MR) is 165 cm³/mol. The molecule has 6 aromatic carbocycles. The van der Waals surface area contributed by atoms with Gasteiger partial charge in [0.25, 0.3) is 0 Å². The van der Waals surface area contributed by atoms with E-state index in [4.69, 9.17) is 4.42 Å². The number of para-hydroxylation sites is 1. The maximum Gasteiger partial charge on any atom is 0.144 e. The average Bonchev–Trinajstić information content (AvgIpc) is 3.54. The first-order valence-corrected chi connectivity index (χ1v) is 13.8. The maximum absolute atomic E-state index is 6.64. The summed E-state index contributed by atoms with van der Waals surface area (Å²) in [5.74, 6) is 1.58. The SMILES string of the molecule is CC1C=Cc2c(oc3c2cc(-c2ccc4c5ccccc5c5ccccc5c4c2)c2[nH]c4ccccc4c23)C1. The maximum atomic E-state index is 6.64. The van der Waals surface area contributed by atoms with E-state index in [2.05, 4.69) is 121 Å². The van der Waals surface area contributed by atoms with E-state index >= 15 is 0 Å². The van der Waals surface area contributed by atoms with Gasteiger partial charge in [-0.15, -0.1) is 0 Å². The Morgan fingerprint density at radius 3 is 2.05 bits per heavy atom. The fraction of sp³-hybridized carbons (Fsp3) is 0.0811. The van der Waals surface area contributed by atoms with E-state index in [9.17, 15) is 0 Å². The first-order valence-electron chi connectivity index (χ1n) is 13.8. The van der Waals surface area contributed by atoms with Crippen LogP contribution in [0, 0.1) is 5.92 Å². The van der Waals surface area contributed by atoms with Crippen LogP contribution in [0.15, 0.2) is 108 Å². The van der Waals surface area contributed by atoms with E-state index in [0.29, 0.717) is 5.92 Å². The van der Waals surface area contributed by atoms with Crippen molar-refractivity contribution in [3.63, 3.8) is 0 Å². The van der Waals surface area contributed by atoms with Gasteiger partial charge in [0.1, 0.15) is 11.3 Å². The Morgan fingerprint density at radius 1 is 0.667 bits per heavy atom. The lowest BCUT2D eigenvalue weighted by Crippen LogP contribution is -2.00. The van der Waals surface area contributed by atoms with E-state index in [1.807, 2.05) is 0 Å². The standard InChI is InChI=1S/C37H25NO/c1-21-14-16-28-32-20-30(36-35(37(32)39-34(28)18-21)29-12-6-7-13-33(29)38-36)22-15-17-27-25-10-3-2-8-23(25)24-9-4-5-11-26(24)31(27)19-22/h2-17,19-21,38H,18H2,1H3. The van der Waals surface area contributed by atoms with E-state index in [1.165, 1.54) is 65.2 Å². The van der Waals surface area contributed by atoms with Crippen molar-refractivity contribution >= 4 is 71.2 Å². The molecule has 0 radical (unpaired) electrons. The molecule has 0 amide bonds. The first kappa shape index (κ1) is 21.2. The summed E-state index contributed by atoms with van der Waals surface area (Å²) >= 11 is 0. The number of hydrogen-bond donors (Lipinski definition) is 1. The number of aromatic amines is 1. The van der Waals surface area contributed by atoms with Gasteiger partial charge in [-0.05, 0) is 62.0 Å². The molecule has 9 rings (SSSR count). The minimum Gasteiger partial charge on any atom is -0.460 e. The molecule has 0 aliphatic heterocycles. The van der Waals surface area contributed by atoms with Crippen molar-refractivity contribution in [3.8, 4) is 11.1 Å². The Balaban J connectivity index is 1.43. The Kier molecular flexibility index (Phi) is 4.13. The van der Waals surface area contributed by atoms with E-state index in [0.717, 1.165) is 28.8 Å². The Morgan fingerprint density at radius 2 is 1.31 bits per heavy atom. The van der Waals surface area contributed by atoms with Gasteiger partial charge in [0, 0.05) is 33.8 Å². The van der Waals surface area contributed by atoms with Crippen molar-refractivity contribution in [2.24, 2.45) is 5.92 Å². The summed E-state index contributed by atoms with van der Waals surface area (Å²) in [7, 11) is 0. The van der Waals surface area contributed by atoms with Crippen LogP contribution >= 0.6 is 0 Å². The van der Waals surface area contributed by atoms with Gasteiger partial charge in [0.05, 0.1) is 10.9 Å². The summed E-state index contributed by atoms with van der Waals surface area (Å²) in [5.41, 5.74) is 6.92. The van der Waals surface area contributed by atoms with Gasteiger partial charge in [-0.25, -0.2) is 0 Å². The zero-order valence-corrected chi connectivity index (χ0v) is 21.6. The summed E-state index contributed by atoms with van der Waals surface area (Å²) < 4.78 is 6.64. The molecule has 0 bridgehead atoms. The highest BCUT2D eigenvalue weighted by atomic mass is 16.3. The first-order chi connectivity index (χ1) is 19.2. The van der Waals surface area contributed by atoms with Crippen LogP contribution in [0.4, 0.5) is 0 Å². The number of allylic oxidation sites excluding steroid dienone is 1.